The Kier molecular flexibility index (Phi) is 4.58. The van der Waals surface area contributed by atoms with Gasteiger partial charge in [-0.05, 0) is 12.8 Å². The first kappa shape index (κ1) is 14.1. The average Bonchev–Trinajstić information content (AvgIpc) is 2.38. The van der Waals surface area contributed by atoms with Crippen molar-refractivity contribution in [2.45, 2.75) is 51.5 Å². The monoisotopic (exact) mass is 265 g/mol. The molecular formula is C14H23N3O2. The molecule has 1 aromatic rings. The van der Waals surface area contributed by atoms with Gasteiger partial charge in [0, 0.05) is 30.6 Å². The molecule has 1 heterocycles. The quantitative estimate of drug-likeness (QED) is 0.776. The van der Waals surface area contributed by atoms with E-state index < -0.39 is 0 Å². The largest absolute Gasteiger partial charge is 0.396 e. The van der Waals surface area contributed by atoms with Crippen molar-refractivity contribution in [3.63, 3.8) is 0 Å². The molecular weight excluding hydrogens is 242 g/mol. The fraction of sp³-hybridized carbons (Fsp3) is 0.714. The highest BCUT2D eigenvalue weighted by Crippen LogP contribution is 2.26. The van der Waals surface area contributed by atoms with Gasteiger partial charge >= 0.3 is 0 Å². The van der Waals surface area contributed by atoms with Gasteiger partial charge in [-0.15, -0.1) is 0 Å². The second kappa shape index (κ2) is 6.19. The first-order chi connectivity index (χ1) is 9.10. The summed E-state index contributed by atoms with van der Waals surface area (Å²) in [5, 5.41) is 12.7. The van der Waals surface area contributed by atoms with Crippen LogP contribution in [0.15, 0.2) is 10.9 Å². The molecule has 0 saturated heterocycles. The zero-order valence-electron chi connectivity index (χ0n) is 11.6. The lowest BCUT2D eigenvalue weighted by molar-refractivity contribution is 0.178. The molecule has 2 rings (SSSR count). The van der Waals surface area contributed by atoms with Gasteiger partial charge in [0.2, 0.25) is 0 Å². The normalized spacial score (nSPS) is 23.6. The zero-order chi connectivity index (χ0) is 13.8. The Balaban J connectivity index is 2.15. The van der Waals surface area contributed by atoms with E-state index in [4.69, 9.17) is 0 Å². The van der Waals surface area contributed by atoms with Gasteiger partial charge in [-0.1, -0.05) is 26.7 Å². The van der Waals surface area contributed by atoms with Gasteiger partial charge in [0.1, 0.15) is 11.6 Å². The summed E-state index contributed by atoms with van der Waals surface area (Å²) in [5.74, 6) is 1.77. The molecule has 0 spiro atoms. The summed E-state index contributed by atoms with van der Waals surface area (Å²) in [6, 6.07) is 1.71. The molecule has 106 valence electrons. The summed E-state index contributed by atoms with van der Waals surface area (Å²) in [6.07, 6.45) is 4.39. The van der Waals surface area contributed by atoms with Crippen LogP contribution >= 0.6 is 0 Å². The molecule has 0 radical (unpaired) electrons. The van der Waals surface area contributed by atoms with E-state index in [1.54, 1.807) is 0 Å². The van der Waals surface area contributed by atoms with Gasteiger partial charge in [-0.25, -0.2) is 4.98 Å². The first-order valence-electron chi connectivity index (χ1n) is 7.09. The summed E-state index contributed by atoms with van der Waals surface area (Å²) >= 11 is 0. The maximum absolute atomic E-state index is 11.6. The molecule has 0 aliphatic heterocycles. The lowest BCUT2D eigenvalue weighted by atomic mass is 9.85. The van der Waals surface area contributed by atoms with Crippen LogP contribution in [0, 0.1) is 5.92 Å². The van der Waals surface area contributed by atoms with Gasteiger partial charge in [-0.3, -0.25) is 4.79 Å². The van der Waals surface area contributed by atoms with Gasteiger partial charge in [0.25, 0.3) is 5.56 Å². The van der Waals surface area contributed by atoms with E-state index in [0.717, 1.165) is 19.3 Å². The van der Waals surface area contributed by atoms with E-state index in [1.807, 2.05) is 13.8 Å². The maximum Gasteiger partial charge on any atom is 0.252 e. The van der Waals surface area contributed by atoms with E-state index in [9.17, 15) is 9.90 Å². The van der Waals surface area contributed by atoms with E-state index in [-0.39, 0.29) is 30.0 Å². The van der Waals surface area contributed by atoms with Crippen LogP contribution in [0.5, 0.6) is 0 Å². The predicted octanol–water partition coefficient (Wildman–Crippen LogP) is 1.86. The minimum Gasteiger partial charge on any atom is -0.396 e. The Morgan fingerprint density at radius 3 is 2.89 bits per heavy atom. The third-order valence-corrected chi connectivity index (χ3v) is 3.78. The van der Waals surface area contributed by atoms with Crippen LogP contribution in [-0.4, -0.2) is 27.7 Å². The van der Waals surface area contributed by atoms with Gasteiger partial charge in [0.05, 0.1) is 0 Å². The van der Waals surface area contributed by atoms with Gasteiger partial charge in [0.15, 0.2) is 0 Å². The number of hydrogen-bond donors (Lipinski definition) is 3. The molecule has 0 aromatic carbocycles. The number of rotatable bonds is 4. The molecule has 3 N–H and O–H groups in total. The van der Waals surface area contributed by atoms with Crippen molar-refractivity contribution in [3.8, 4) is 0 Å². The molecule has 5 heteroatoms. The second-order valence-electron chi connectivity index (χ2n) is 5.65. The summed E-state index contributed by atoms with van der Waals surface area (Å²) in [7, 11) is 0. The van der Waals surface area contributed by atoms with E-state index in [2.05, 4.69) is 15.3 Å². The molecule has 19 heavy (non-hydrogen) atoms. The Bertz CT molecular complexity index is 470. The van der Waals surface area contributed by atoms with Gasteiger partial charge < -0.3 is 15.4 Å². The number of aliphatic hydroxyl groups is 1. The summed E-state index contributed by atoms with van der Waals surface area (Å²) in [6.45, 7) is 4.19. The fourth-order valence-corrected chi connectivity index (χ4v) is 2.63. The van der Waals surface area contributed by atoms with Crippen molar-refractivity contribution in [3.05, 3.63) is 22.2 Å². The number of anilines is 1. The molecule has 2 atom stereocenters. The maximum atomic E-state index is 11.6. The molecule has 1 aliphatic rings. The van der Waals surface area contributed by atoms with Crippen LogP contribution < -0.4 is 10.9 Å². The molecule has 1 aromatic heterocycles. The first-order valence-corrected chi connectivity index (χ1v) is 7.09. The number of aromatic nitrogens is 2. The van der Waals surface area contributed by atoms with Crippen molar-refractivity contribution in [1.82, 2.24) is 9.97 Å². The van der Waals surface area contributed by atoms with Crippen molar-refractivity contribution >= 4 is 5.82 Å². The Morgan fingerprint density at radius 2 is 2.21 bits per heavy atom. The summed E-state index contributed by atoms with van der Waals surface area (Å²) < 4.78 is 0. The third-order valence-electron chi connectivity index (χ3n) is 3.78. The molecule has 0 bridgehead atoms. The zero-order valence-corrected chi connectivity index (χ0v) is 11.6. The van der Waals surface area contributed by atoms with Crippen LogP contribution in [0.4, 0.5) is 5.82 Å². The minimum absolute atomic E-state index is 0.127. The number of nitrogens with zero attached hydrogens (tertiary/aromatic N) is 1. The molecule has 1 aliphatic carbocycles. The number of hydrogen-bond acceptors (Lipinski definition) is 4. The SMILES string of the molecule is CC(C)c1nc(NC2CCCCC2CO)cc(=O)[nH]1. The summed E-state index contributed by atoms with van der Waals surface area (Å²) in [5.41, 5.74) is -0.127. The molecule has 2 unspecified atom stereocenters. The van der Waals surface area contributed by atoms with Crippen molar-refractivity contribution < 1.29 is 5.11 Å². The Morgan fingerprint density at radius 1 is 1.47 bits per heavy atom. The average molecular weight is 265 g/mol. The Labute approximate surface area is 113 Å². The fourth-order valence-electron chi connectivity index (χ4n) is 2.63. The molecule has 1 fully saturated rings. The van der Waals surface area contributed by atoms with E-state index >= 15 is 0 Å². The standard InChI is InChI=1S/C14H23N3O2/c1-9(2)14-16-12(7-13(19)17-14)15-11-6-4-3-5-10(11)8-18/h7,9-11,18H,3-6,8H2,1-2H3,(H2,15,16,17,19). The highest BCUT2D eigenvalue weighted by atomic mass is 16.3. The van der Waals surface area contributed by atoms with Crippen molar-refractivity contribution in [2.24, 2.45) is 5.92 Å². The molecule has 5 nitrogen and oxygen atoms in total. The van der Waals surface area contributed by atoms with Crippen LogP contribution in [0.25, 0.3) is 0 Å². The third kappa shape index (κ3) is 3.56. The predicted molar refractivity (Wildman–Crippen MR) is 75.4 cm³/mol. The van der Waals surface area contributed by atoms with E-state index in [0.29, 0.717) is 11.6 Å². The minimum atomic E-state index is -0.127. The number of aliphatic hydroxyl groups excluding tert-OH is 1. The lowest BCUT2D eigenvalue weighted by Crippen LogP contribution is -2.35. The number of nitrogens with one attached hydrogen (secondary N) is 2. The molecule has 1 saturated carbocycles. The van der Waals surface area contributed by atoms with Crippen molar-refractivity contribution in [2.75, 3.05) is 11.9 Å². The Hall–Kier alpha value is -1.36. The molecule has 0 amide bonds. The highest BCUT2D eigenvalue weighted by Gasteiger charge is 2.24. The summed E-state index contributed by atoms with van der Waals surface area (Å²) in [4.78, 5) is 18.8. The highest BCUT2D eigenvalue weighted by molar-refractivity contribution is 5.35. The van der Waals surface area contributed by atoms with Crippen molar-refractivity contribution in [1.29, 1.82) is 0 Å². The smallest absolute Gasteiger partial charge is 0.252 e. The van der Waals surface area contributed by atoms with E-state index in [1.165, 1.54) is 12.5 Å². The van der Waals surface area contributed by atoms with Crippen LogP contribution in [0.1, 0.15) is 51.3 Å². The second-order valence-corrected chi connectivity index (χ2v) is 5.65. The van der Waals surface area contributed by atoms with Crippen LogP contribution in [0.2, 0.25) is 0 Å². The van der Waals surface area contributed by atoms with Gasteiger partial charge in [-0.2, -0.15) is 0 Å². The van der Waals surface area contributed by atoms with Crippen LogP contribution in [0.3, 0.4) is 0 Å². The van der Waals surface area contributed by atoms with Crippen LogP contribution in [-0.2, 0) is 0 Å². The topological polar surface area (TPSA) is 78.0 Å². The number of aromatic amines is 1. The number of H-pyrrole nitrogens is 1. The lowest BCUT2D eigenvalue weighted by Gasteiger charge is -2.31.